The van der Waals surface area contributed by atoms with E-state index in [9.17, 15) is 14.9 Å². The normalized spacial score (nSPS) is 10.6. The van der Waals surface area contributed by atoms with Gasteiger partial charge in [-0.2, -0.15) is 5.26 Å². The van der Waals surface area contributed by atoms with Gasteiger partial charge in [0.05, 0.1) is 5.69 Å². The van der Waals surface area contributed by atoms with Gasteiger partial charge in [-0.1, -0.05) is 29.8 Å². The fourth-order valence-corrected chi connectivity index (χ4v) is 4.51. The van der Waals surface area contributed by atoms with E-state index in [2.05, 4.69) is 15.3 Å². The van der Waals surface area contributed by atoms with Crippen molar-refractivity contribution in [3.05, 3.63) is 78.2 Å². The van der Waals surface area contributed by atoms with Gasteiger partial charge in [0.15, 0.2) is 5.13 Å². The van der Waals surface area contributed by atoms with E-state index in [4.69, 9.17) is 11.6 Å². The summed E-state index contributed by atoms with van der Waals surface area (Å²) in [5, 5.41) is 13.3. The van der Waals surface area contributed by atoms with Crippen molar-refractivity contribution < 1.29 is 4.79 Å². The van der Waals surface area contributed by atoms with E-state index in [0.717, 1.165) is 21.7 Å². The minimum absolute atomic E-state index is 0.0933. The summed E-state index contributed by atoms with van der Waals surface area (Å²) in [6.45, 7) is 5.42. The molecule has 0 aliphatic rings. The molecule has 0 aliphatic heterocycles. The molecule has 2 heterocycles. The van der Waals surface area contributed by atoms with Crippen LogP contribution < -0.4 is 10.9 Å². The van der Waals surface area contributed by atoms with E-state index in [1.165, 1.54) is 11.3 Å². The molecular formula is C22H21ClN4O2S. The summed E-state index contributed by atoms with van der Waals surface area (Å²) >= 11 is 7.68. The molecule has 8 heteroatoms. The fourth-order valence-electron chi connectivity index (χ4n) is 3.30. The lowest BCUT2D eigenvalue weighted by molar-refractivity contribution is -0.116. The molecule has 0 radical (unpaired) electrons. The average Bonchev–Trinajstić information content (AvgIpc) is 3.02. The number of pyridine rings is 1. The number of aromatic nitrogens is 2. The summed E-state index contributed by atoms with van der Waals surface area (Å²) in [6, 6.07) is 9.60. The Balaban J connectivity index is 1.67. The maximum atomic E-state index is 12.5. The first-order valence-electron chi connectivity index (χ1n) is 9.42. The minimum atomic E-state index is -0.398. The van der Waals surface area contributed by atoms with Crippen molar-refractivity contribution in [2.24, 2.45) is 0 Å². The lowest BCUT2D eigenvalue weighted by Crippen LogP contribution is -2.18. The molecule has 0 saturated carbocycles. The molecule has 0 atom stereocenters. The number of halogens is 1. The molecule has 3 rings (SSSR count). The third kappa shape index (κ3) is 4.78. The summed E-state index contributed by atoms with van der Waals surface area (Å²) < 4.78 is 0. The lowest BCUT2D eigenvalue weighted by Gasteiger charge is -2.10. The third-order valence-electron chi connectivity index (χ3n) is 4.97. The predicted octanol–water partition coefficient (Wildman–Crippen LogP) is 4.44. The van der Waals surface area contributed by atoms with Gasteiger partial charge < -0.3 is 10.3 Å². The Morgan fingerprint density at radius 2 is 2.03 bits per heavy atom. The molecule has 0 bridgehead atoms. The average molecular weight is 441 g/mol. The molecule has 0 unspecified atom stereocenters. The molecule has 2 aromatic heterocycles. The number of carbonyl (C=O) groups excluding carboxylic acids is 1. The van der Waals surface area contributed by atoms with Crippen LogP contribution in [0.25, 0.3) is 0 Å². The summed E-state index contributed by atoms with van der Waals surface area (Å²) in [7, 11) is 0. The number of nitrogens with zero attached hydrogens (tertiary/aromatic N) is 2. The van der Waals surface area contributed by atoms with Crippen molar-refractivity contribution in [2.45, 2.75) is 40.0 Å². The number of H-pyrrole nitrogens is 1. The van der Waals surface area contributed by atoms with E-state index < -0.39 is 5.56 Å². The van der Waals surface area contributed by atoms with Crippen LogP contribution in [-0.2, 0) is 17.6 Å². The summed E-state index contributed by atoms with van der Waals surface area (Å²) in [6.07, 6.45) is 1.30. The molecule has 0 spiro atoms. The number of aryl methyl sites for hydroxylation is 2. The van der Waals surface area contributed by atoms with Crippen molar-refractivity contribution in [1.82, 2.24) is 9.97 Å². The summed E-state index contributed by atoms with van der Waals surface area (Å²) in [4.78, 5) is 32.5. The number of benzene rings is 1. The number of carbonyl (C=O) groups is 1. The van der Waals surface area contributed by atoms with Crippen LogP contribution in [0.5, 0.6) is 0 Å². The highest BCUT2D eigenvalue weighted by molar-refractivity contribution is 7.15. The first-order chi connectivity index (χ1) is 14.3. The number of hydrogen-bond donors (Lipinski definition) is 2. The van der Waals surface area contributed by atoms with E-state index in [0.29, 0.717) is 34.3 Å². The molecule has 1 amide bonds. The van der Waals surface area contributed by atoms with E-state index in [1.54, 1.807) is 13.8 Å². The Morgan fingerprint density at radius 1 is 1.30 bits per heavy atom. The second-order valence-electron chi connectivity index (χ2n) is 7.01. The van der Waals surface area contributed by atoms with Crippen LogP contribution in [0.4, 0.5) is 5.13 Å². The Labute approximate surface area is 183 Å². The molecule has 1 aromatic carbocycles. The van der Waals surface area contributed by atoms with Crippen LogP contribution in [0.1, 0.15) is 44.9 Å². The van der Waals surface area contributed by atoms with Crippen molar-refractivity contribution in [2.75, 3.05) is 5.32 Å². The van der Waals surface area contributed by atoms with Gasteiger partial charge in [0.1, 0.15) is 11.6 Å². The second kappa shape index (κ2) is 9.24. The molecule has 0 saturated heterocycles. The van der Waals surface area contributed by atoms with Crippen LogP contribution >= 0.6 is 22.9 Å². The Kier molecular flexibility index (Phi) is 6.70. The number of thiazole rings is 1. The Hall–Kier alpha value is -2.95. The SMILES string of the molecule is Cc1nc(NC(=O)CCc2c(C)[nH]c(=O)c(C#N)c2C)sc1Cc1ccccc1Cl. The van der Waals surface area contributed by atoms with Crippen LogP contribution in [0.3, 0.4) is 0 Å². The van der Waals surface area contributed by atoms with Gasteiger partial charge >= 0.3 is 0 Å². The maximum absolute atomic E-state index is 12.5. The Morgan fingerprint density at radius 3 is 2.73 bits per heavy atom. The first kappa shape index (κ1) is 21.8. The van der Waals surface area contributed by atoms with Crippen LogP contribution in [0.15, 0.2) is 29.1 Å². The van der Waals surface area contributed by atoms with E-state index in [-0.39, 0.29) is 17.9 Å². The lowest BCUT2D eigenvalue weighted by atomic mass is 9.99. The Bertz CT molecular complexity index is 1210. The largest absolute Gasteiger partial charge is 0.325 e. The van der Waals surface area contributed by atoms with Gasteiger partial charge in [-0.15, -0.1) is 11.3 Å². The summed E-state index contributed by atoms with van der Waals surface area (Å²) in [5.41, 5.74) is 3.69. The quantitative estimate of drug-likeness (QED) is 0.591. The van der Waals surface area contributed by atoms with Gasteiger partial charge in [0.2, 0.25) is 5.91 Å². The number of hydrogen-bond acceptors (Lipinski definition) is 5. The number of nitriles is 1. The monoisotopic (exact) mass is 440 g/mol. The molecule has 30 heavy (non-hydrogen) atoms. The van der Waals surface area contributed by atoms with E-state index in [1.807, 2.05) is 37.3 Å². The molecular weight excluding hydrogens is 420 g/mol. The maximum Gasteiger partial charge on any atom is 0.266 e. The highest BCUT2D eigenvalue weighted by Crippen LogP contribution is 2.28. The van der Waals surface area contributed by atoms with Crippen molar-refractivity contribution in [3.63, 3.8) is 0 Å². The zero-order chi connectivity index (χ0) is 21.8. The molecule has 3 aromatic rings. The van der Waals surface area contributed by atoms with Crippen molar-refractivity contribution in [1.29, 1.82) is 5.26 Å². The molecule has 2 N–H and O–H groups in total. The molecule has 6 nitrogen and oxygen atoms in total. The van der Waals surface area contributed by atoms with Gasteiger partial charge in [-0.25, -0.2) is 4.98 Å². The van der Waals surface area contributed by atoms with Crippen molar-refractivity contribution >= 4 is 34.0 Å². The van der Waals surface area contributed by atoms with E-state index >= 15 is 0 Å². The highest BCUT2D eigenvalue weighted by atomic mass is 35.5. The van der Waals surface area contributed by atoms with Crippen LogP contribution in [-0.4, -0.2) is 15.9 Å². The third-order valence-corrected chi connectivity index (χ3v) is 6.41. The molecule has 0 fully saturated rings. The van der Waals surface area contributed by atoms with Gasteiger partial charge in [-0.3, -0.25) is 9.59 Å². The zero-order valence-corrected chi connectivity index (χ0v) is 18.5. The molecule has 154 valence electrons. The molecule has 0 aliphatic carbocycles. The standard InChI is InChI=1S/C22H21ClN4O2S/c1-12-16(13(2)25-21(29)17(12)11-24)8-9-20(28)27-22-26-14(3)19(30-22)10-15-6-4-5-7-18(15)23/h4-7H,8-10H2,1-3H3,(H,25,29)(H,26,27,28). The second-order valence-corrected chi connectivity index (χ2v) is 8.50. The number of aromatic amines is 1. The van der Waals surface area contributed by atoms with Gasteiger partial charge in [0.25, 0.3) is 5.56 Å². The van der Waals surface area contributed by atoms with Gasteiger partial charge in [0, 0.05) is 28.4 Å². The topological polar surface area (TPSA) is 98.6 Å². The predicted molar refractivity (Wildman–Crippen MR) is 119 cm³/mol. The number of nitrogens with one attached hydrogen (secondary N) is 2. The fraction of sp³-hybridized carbons (Fsp3) is 0.273. The van der Waals surface area contributed by atoms with Crippen LogP contribution in [0, 0.1) is 32.1 Å². The smallest absolute Gasteiger partial charge is 0.266 e. The number of amides is 1. The van der Waals surface area contributed by atoms with Gasteiger partial charge in [-0.05, 0) is 49.9 Å². The first-order valence-corrected chi connectivity index (χ1v) is 10.6. The summed E-state index contributed by atoms with van der Waals surface area (Å²) in [5.74, 6) is -0.170. The number of rotatable bonds is 6. The number of anilines is 1. The highest BCUT2D eigenvalue weighted by Gasteiger charge is 2.15. The van der Waals surface area contributed by atoms with Crippen LogP contribution in [0.2, 0.25) is 5.02 Å². The van der Waals surface area contributed by atoms with Crippen molar-refractivity contribution in [3.8, 4) is 6.07 Å². The minimum Gasteiger partial charge on any atom is -0.325 e. The zero-order valence-electron chi connectivity index (χ0n) is 16.9.